The minimum atomic E-state index is -1.07. The van der Waals surface area contributed by atoms with E-state index >= 15 is 0 Å². The van der Waals surface area contributed by atoms with Crippen LogP contribution in [0.25, 0.3) is 0 Å². The van der Waals surface area contributed by atoms with Crippen molar-refractivity contribution in [3.63, 3.8) is 0 Å². The van der Waals surface area contributed by atoms with E-state index in [1.54, 1.807) is 0 Å². The fraction of sp³-hybridized carbons (Fsp3) is 0.667. The first-order valence-electron chi connectivity index (χ1n) is 2.96. The number of aliphatic carboxylic acids is 1. The van der Waals surface area contributed by atoms with E-state index in [1.165, 1.54) is 0 Å². The summed E-state index contributed by atoms with van der Waals surface area (Å²) < 4.78 is 0. The second-order valence-corrected chi connectivity index (χ2v) is 3.02. The average Bonchev–Trinajstić information content (AvgIpc) is 1.85. The largest absolute Gasteiger partial charge is 0.481 e. The van der Waals surface area contributed by atoms with Gasteiger partial charge in [-0.05, 0) is 6.42 Å². The zero-order valence-corrected chi connectivity index (χ0v) is 7.22. The van der Waals surface area contributed by atoms with Crippen molar-refractivity contribution in [2.24, 2.45) is 0 Å². The molecule has 0 saturated carbocycles. The van der Waals surface area contributed by atoms with Gasteiger partial charge in [-0.2, -0.15) is 0 Å². The quantitative estimate of drug-likeness (QED) is 0.559. The molecular weight excluding hydrogens is 200 g/mol. The number of carboxylic acids is 1. The highest BCUT2D eigenvalue weighted by Crippen LogP contribution is 2.07. The monoisotopic (exact) mass is 208 g/mol. The molecule has 1 unspecified atom stereocenters. The third-order valence-corrected chi connectivity index (χ3v) is 2.19. The lowest BCUT2D eigenvalue weighted by atomic mass is 10.2. The number of hydrogen-bond donors (Lipinski definition) is 1. The van der Waals surface area contributed by atoms with Crippen LogP contribution in [0.3, 0.4) is 0 Å². The Morgan fingerprint density at radius 2 is 2.10 bits per heavy atom. The van der Waals surface area contributed by atoms with Gasteiger partial charge in [0.05, 0.1) is 4.83 Å². The molecule has 0 bridgehead atoms. The summed E-state index contributed by atoms with van der Waals surface area (Å²) in [6.07, 6.45) is 0.246. The van der Waals surface area contributed by atoms with Crippen LogP contribution in [0, 0.1) is 0 Å². The van der Waals surface area contributed by atoms with Gasteiger partial charge in [0.2, 0.25) is 0 Å². The Morgan fingerprint density at radius 1 is 1.60 bits per heavy atom. The van der Waals surface area contributed by atoms with Gasteiger partial charge in [-0.25, -0.2) is 0 Å². The van der Waals surface area contributed by atoms with Crippen molar-refractivity contribution in [1.29, 1.82) is 0 Å². The third kappa shape index (κ3) is 3.61. The number of hydrogen-bond acceptors (Lipinski definition) is 2. The van der Waals surface area contributed by atoms with E-state index in [0.29, 0.717) is 6.42 Å². The molecule has 0 aromatic rings. The van der Waals surface area contributed by atoms with Gasteiger partial charge >= 0.3 is 5.97 Å². The highest BCUT2D eigenvalue weighted by Gasteiger charge is 2.15. The first-order valence-corrected chi connectivity index (χ1v) is 3.88. The molecule has 3 nitrogen and oxygen atoms in total. The lowest BCUT2D eigenvalue weighted by molar-refractivity contribution is -0.140. The summed E-state index contributed by atoms with van der Waals surface area (Å²) in [6, 6.07) is 0. The summed E-state index contributed by atoms with van der Waals surface area (Å²) in [7, 11) is 0. The standard InChI is InChI=1S/C6H9BrO3/c1-2-4(7)5(8)3-6(9)10/h4H,2-3H2,1H3,(H,9,10). The molecule has 0 heterocycles. The zero-order chi connectivity index (χ0) is 8.15. The van der Waals surface area contributed by atoms with E-state index in [0.717, 1.165) is 0 Å². The van der Waals surface area contributed by atoms with Gasteiger partial charge in [0.1, 0.15) is 6.42 Å². The summed E-state index contributed by atoms with van der Waals surface area (Å²) in [4.78, 5) is 20.4. The minimum absolute atomic E-state index is 0.269. The Bertz CT molecular complexity index is 144. The summed E-state index contributed by atoms with van der Waals surface area (Å²) in [6.45, 7) is 1.82. The number of halogens is 1. The Hall–Kier alpha value is -0.380. The molecule has 1 N–H and O–H groups in total. The van der Waals surface area contributed by atoms with Crippen LogP contribution >= 0.6 is 15.9 Å². The number of carbonyl (C=O) groups excluding carboxylic acids is 1. The molecule has 0 aromatic carbocycles. The highest BCUT2D eigenvalue weighted by atomic mass is 79.9. The Kier molecular flexibility index (Phi) is 4.27. The number of rotatable bonds is 4. The fourth-order valence-electron chi connectivity index (χ4n) is 0.487. The van der Waals surface area contributed by atoms with E-state index in [2.05, 4.69) is 15.9 Å². The van der Waals surface area contributed by atoms with Gasteiger partial charge in [-0.1, -0.05) is 22.9 Å². The maximum atomic E-state index is 10.8. The minimum Gasteiger partial charge on any atom is -0.481 e. The van der Waals surface area contributed by atoms with Crippen LogP contribution in [-0.2, 0) is 9.59 Å². The SMILES string of the molecule is CCC(Br)C(=O)CC(=O)O. The molecule has 58 valence electrons. The van der Waals surface area contributed by atoms with E-state index < -0.39 is 5.97 Å². The molecule has 0 aliphatic carbocycles. The highest BCUT2D eigenvalue weighted by molar-refractivity contribution is 9.10. The van der Waals surface area contributed by atoms with Gasteiger partial charge in [0, 0.05) is 0 Å². The van der Waals surface area contributed by atoms with Crippen molar-refractivity contribution >= 4 is 27.7 Å². The van der Waals surface area contributed by atoms with Crippen molar-refractivity contribution in [3.8, 4) is 0 Å². The number of carbonyl (C=O) groups is 2. The zero-order valence-electron chi connectivity index (χ0n) is 5.63. The van der Waals surface area contributed by atoms with E-state index in [-0.39, 0.29) is 17.0 Å². The fourth-order valence-corrected chi connectivity index (χ4v) is 0.649. The Labute approximate surface area is 67.5 Å². The van der Waals surface area contributed by atoms with Crippen molar-refractivity contribution in [1.82, 2.24) is 0 Å². The normalized spacial score (nSPS) is 12.6. The number of Topliss-reactive ketones (excluding diaryl/α,β-unsaturated/α-hetero) is 1. The van der Waals surface area contributed by atoms with Crippen LogP contribution in [0.1, 0.15) is 19.8 Å². The van der Waals surface area contributed by atoms with E-state index in [9.17, 15) is 9.59 Å². The molecule has 0 amide bonds. The number of carboxylic acid groups (broad SMARTS) is 1. The van der Waals surface area contributed by atoms with Crippen molar-refractivity contribution < 1.29 is 14.7 Å². The molecule has 0 spiro atoms. The molecule has 0 aromatic heterocycles. The smallest absolute Gasteiger partial charge is 0.310 e. The number of ketones is 1. The topological polar surface area (TPSA) is 54.4 Å². The van der Waals surface area contributed by atoms with Crippen molar-refractivity contribution in [2.75, 3.05) is 0 Å². The molecule has 0 aliphatic rings. The summed E-state index contributed by atoms with van der Waals surface area (Å²) in [5.74, 6) is -1.34. The van der Waals surface area contributed by atoms with Gasteiger partial charge in [0.25, 0.3) is 0 Å². The molecule has 0 saturated heterocycles. The molecule has 0 radical (unpaired) electrons. The van der Waals surface area contributed by atoms with Crippen LogP contribution in [-0.4, -0.2) is 21.7 Å². The molecule has 1 atom stereocenters. The third-order valence-electron chi connectivity index (χ3n) is 1.03. The lowest BCUT2D eigenvalue weighted by Gasteiger charge is -2.00. The molecule has 4 heteroatoms. The summed E-state index contributed by atoms with van der Waals surface area (Å²) in [5, 5.41) is 8.19. The Morgan fingerprint density at radius 3 is 2.40 bits per heavy atom. The van der Waals surface area contributed by atoms with E-state index in [1.807, 2.05) is 6.92 Å². The van der Waals surface area contributed by atoms with Gasteiger partial charge in [-0.15, -0.1) is 0 Å². The first-order chi connectivity index (χ1) is 4.57. The lowest BCUT2D eigenvalue weighted by Crippen LogP contribution is -2.16. The second kappa shape index (κ2) is 4.44. The maximum Gasteiger partial charge on any atom is 0.310 e. The van der Waals surface area contributed by atoms with Gasteiger partial charge < -0.3 is 5.11 Å². The van der Waals surface area contributed by atoms with Gasteiger partial charge in [0.15, 0.2) is 5.78 Å². The predicted octanol–water partition coefficient (Wildman–Crippen LogP) is 1.20. The van der Waals surface area contributed by atoms with Crippen LogP contribution < -0.4 is 0 Å². The average molecular weight is 209 g/mol. The van der Waals surface area contributed by atoms with Crippen LogP contribution in [0.15, 0.2) is 0 Å². The van der Waals surface area contributed by atoms with Crippen molar-refractivity contribution in [3.05, 3.63) is 0 Å². The second-order valence-electron chi connectivity index (χ2n) is 1.91. The predicted molar refractivity (Wildman–Crippen MR) is 40.3 cm³/mol. The summed E-state index contributed by atoms with van der Waals surface area (Å²) >= 11 is 3.06. The summed E-state index contributed by atoms with van der Waals surface area (Å²) in [5.41, 5.74) is 0. The van der Waals surface area contributed by atoms with Crippen LogP contribution in [0.2, 0.25) is 0 Å². The van der Waals surface area contributed by atoms with Crippen LogP contribution in [0.5, 0.6) is 0 Å². The van der Waals surface area contributed by atoms with Crippen molar-refractivity contribution in [2.45, 2.75) is 24.6 Å². The van der Waals surface area contributed by atoms with E-state index in [4.69, 9.17) is 5.11 Å². The Balaban J connectivity index is 3.73. The maximum absolute atomic E-state index is 10.8. The molecule has 0 rings (SSSR count). The molecule has 10 heavy (non-hydrogen) atoms. The van der Waals surface area contributed by atoms with Gasteiger partial charge in [-0.3, -0.25) is 9.59 Å². The molecular formula is C6H9BrO3. The molecule has 0 fully saturated rings. The molecule has 0 aliphatic heterocycles. The van der Waals surface area contributed by atoms with Crippen LogP contribution in [0.4, 0.5) is 0 Å². The first kappa shape index (κ1) is 9.62. The number of alkyl halides is 1.